The first kappa shape index (κ1) is 30.7. The second-order valence-electron chi connectivity index (χ2n) is 10.8. The van der Waals surface area contributed by atoms with Crippen molar-refractivity contribution in [2.75, 3.05) is 30.8 Å². The van der Waals surface area contributed by atoms with Crippen molar-refractivity contribution in [1.29, 1.82) is 0 Å². The molecule has 11 heteroatoms. The number of rotatable bonds is 14. The Morgan fingerprint density at radius 2 is 1.67 bits per heavy atom. The second-order valence-corrected chi connectivity index (χ2v) is 12.9. The molecule has 39 heavy (non-hydrogen) atoms. The SMILES string of the molecule is Cc1cc(N(C)C(N)=O)cc(C)c1CCS(=O)(=O)N1CCC2(CC1)N=C(CCCCCCCCC=O)NC2=O. The Kier molecular flexibility index (Phi) is 10.7. The van der Waals surface area contributed by atoms with Gasteiger partial charge in [-0.1, -0.05) is 25.7 Å². The van der Waals surface area contributed by atoms with E-state index in [0.717, 1.165) is 67.9 Å². The van der Waals surface area contributed by atoms with Gasteiger partial charge >= 0.3 is 6.03 Å². The third-order valence-electron chi connectivity index (χ3n) is 7.97. The Labute approximate surface area is 232 Å². The molecule has 2 aliphatic heterocycles. The number of amides is 3. The first-order valence-corrected chi connectivity index (χ1v) is 15.5. The molecule has 1 fully saturated rings. The summed E-state index contributed by atoms with van der Waals surface area (Å²) >= 11 is 0. The molecule has 0 bridgehead atoms. The molecule has 1 spiro atoms. The lowest BCUT2D eigenvalue weighted by Gasteiger charge is -2.34. The van der Waals surface area contributed by atoms with Crippen LogP contribution in [0.4, 0.5) is 10.5 Å². The molecule has 3 rings (SSSR count). The number of nitrogens with one attached hydrogen (secondary N) is 1. The number of aryl methyl sites for hydroxylation is 2. The Bertz CT molecular complexity index is 1170. The summed E-state index contributed by atoms with van der Waals surface area (Å²) in [5.74, 6) is 0.576. The van der Waals surface area contributed by atoms with Crippen LogP contribution in [0.25, 0.3) is 0 Å². The van der Waals surface area contributed by atoms with Gasteiger partial charge in [0.05, 0.1) is 5.75 Å². The van der Waals surface area contributed by atoms with Crippen LogP contribution in [-0.4, -0.2) is 68.2 Å². The molecule has 1 saturated heterocycles. The maximum absolute atomic E-state index is 13.2. The van der Waals surface area contributed by atoms with Crippen LogP contribution < -0.4 is 16.0 Å². The van der Waals surface area contributed by atoms with Gasteiger partial charge in [-0.3, -0.25) is 14.7 Å². The highest BCUT2D eigenvalue weighted by atomic mass is 32.2. The molecular weight excluding hydrogens is 518 g/mol. The lowest BCUT2D eigenvalue weighted by Crippen LogP contribution is -2.50. The molecule has 0 saturated carbocycles. The summed E-state index contributed by atoms with van der Waals surface area (Å²) in [6.07, 6.45) is 9.67. The van der Waals surface area contributed by atoms with Crippen LogP contribution in [0.5, 0.6) is 0 Å². The molecule has 0 unspecified atom stereocenters. The average molecular weight is 562 g/mol. The highest BCUT2D eigenvalue weighted by molar-refractivity contribution is 7.89. The van der Waals surface area contributed by atoms with Crippen molar-refractivity contribution in [3.8, 4) is 0 Å². The molecule has 0 aromatic heterocycles. The number of nitrogens with two attached hydrogens (primary N) is 1. The number of aliphatic imine (C=N–C) groups is 1. The zero-order chi connectivity index (χ0) is 28.6. The zero-order valence-electron chi connectivity index (χ0n) is 23.5. The van der Waals surface area contributed by atoms with Gasteiger partial charge in [0, 0.05) is 38.7 Å². The van der Waals surface area contributed by atoms with E-state index in [2.05, 4.69) is 5.32 Å². The number of nitrogens with zero attached hydrogens (tertiary/aromatic N) is 3. The van der Waals surface area contributed by atoms with E-state index in [4.69, 9.17) is 10.7 Å². The second kappa shape index (κ2) is 13.5. The van der Waals surface area contributed by atoms with Crippen LogP contribution in [0.3, 0.4) is 0 Å². The number of hydrogen-bond acceptors (Lipinski definition) is 6. The lowest BCUT2D eigenvalue weighted by atomic mass is 9.89. The number of aldehydes is 1. The molecule has 1 aromatic rings. The van der Waals surface area contributed by atoms with E-state index in [-0.39, 0.29) is 24.7 Å². The van der Waals surface area contributed by atoms with Crippen molar-refractivity contribution in [2.45, 2.75) is 90.0 Å². The van der Waals surface area contributed by atoms with Crippen molar-refractivity contribution in [3.05, 3.63) is 28.8 Å². The molecule has 216 valence electrons. The molecule has 2 heterocycles. The van der Waals surface area contributed by atoms with E-state index in [1.807, 2.05) is 26.0 Å². The summed E-state index contributed by atoms with van der Waals surface area (Å²) in [6.45, 7) is 4.35. The van der Waals surface area contributed by atoms with Crippen LogP contribution in [0, 0.1) is 13.8 Å². The lowest BCUT2D eigenvalue weighted by molar-refractivity contribution is -0.125. The fraction of sp³-hybridized carbons (Fsp3) is 0.643. The van der Waals surface area contributed by atoms with Crippen LogP contribution in [0.2, 0.25) is 0 Å². The van der Waals surface area contributed by atoms with Crippen molar-refractivity contribution in [2.24, 2.45) is 10.7 Å². The Morgan fingerprint density at radius 1 is 1.08 bits per heavy atom. The van der Waals surface area contributed by atoms with Gasteiger partial charge in [-0.2, -0.15) is 0 Å². The number of primary amides is 1. The number of anilines is 1. The number of carbonyl (C=O) groups excluding carboxylic acids is 3. The number of hydrogen-bond donors (Lipinski definition) is 2. The minimum Gasteiger partial charge on any atom is -0.351 e. The summed E-state index contributed by atoms with van der Waals surface area (Å²) < 4.78 is 27.9. The van der Waals surface area contributed by atoms with E-state index in [9.17, 15) is 22.8 Å². The number of amidine groups is 1. The van der Waals surface area contributed by atoms with Crippen LogP contribution in [0.15, 0.2) is 17.1 Å². The first-order valence-electron chi connectivity index (χ1n) is 13.9. The van der Waals surface area contributed by atoms with Gasteiger partial charge < -0.3 is 15.8 Å². The predicted octanol–water partition coefficient (Wildman–Crippen LogP) is 3.37. The van der Waals surface area contributed by atoms with Crippen molar-refractivity contribution < 1.29 is 22.8 Å². The minimum atomic E-state index is -3.51. The largest absolute Gasteiger partial charge is 0.351 e. The van der Waals surface area contributed by atoms with Gasteiger partial charge in [0.15, 0.2) is 0 Å². The maximum atomic E-state index is 13.2. The monoisotopic (exact) mass is 561 g/mol. The number of urea groups is 1. The van der Waals surface area contributed by atoms with Gasteiger partial charge in [0.2, 0.25) is 10.0 Å². The number of sulfonamides is 1. The third kappa shape index (κ3) is 7.88. The van der Waals surface area contributed by atoms with E-state index >= 15 is 0 Å². The smallest absolute Gasteiger partial charge is 0.318 e. The van der Waals surface area contributed by atoms with E-state index < -0.39 is 21.6 Å². The van der Waals surface area contributed by atoms with Gasteiger partial charge in [-0.05, 0) is 74.8 Å². The molecule has 0 aliphatic carbocycles. The molecule has 2 aliphatic rings. The van der Waals surface area contributed by atoms with Gasteiger partial charge in [0.25, 0.3) is 5.91 Å². The molecule has 3 amide bonds. The third-order valence-corrected chi connectivity index (χ3v) is 9.84. The Balaban J connectivity index is 1.50. The van der Waals surface area contributed by atoms with Gasteiger partial charge in [0.1, 0.15) is 17.7 Å². The fourth-order valence-electron chi connectivity index (χ4n) is 5.45. The predicted molar refractivity (Wildman–Crippen MR) is 154 cm³/mol. The van der Waals surface area contributed by atoms with E-state index in [1.165, 1.54) is 9.21 Å². The first-order chi connectivity index (χ1) is 18.5. The van der Waals surface area contributed by atoms with Gasteiger partial charge in [-0.15, -0.1) is 0 Å². The minimum absolute atomic E-state index is 0.0253. The maximum Gasteiger partial charge on any atom is 0.318 e. The van der Waals surface area contributed by atoms with Crippen LogP contribution in [0.1, 0.15) is 80.9 Å². The Morgan fingerprint density at radius 3 is 2.26 bits per heavy atom. The number of carbonyl (C=O) groups is 3. The molecule has 1 aromatic carbocycles. The molecule has 3 N–H and O–H groups in total. The zero-order valence-corrected chi connectivity index (χ0v) is 24.3. The molecule has 10 nitrogen and oxygen atoms in total. The van der Waals surface area contributed by atoms with Crippen molar-refractivity contribution >= 4 is 39.8 Å². The van der Waals surface area contributed by atoms with Crippen molar-refractivity contribution in [1.82, 2.24) is 9.62 Å². The van der Waals surface area contributed by atoms with E-state index in [0.29, 0.717) is 37.2 Å². The summed E-state index contributed by atoms with van der Waals surface area (Å²) in [4.78, 5) is 40.8. The molecule has 0 radical (unpaired) electrons. The highest BCUT2D eigenvalue weighted by Crippen LogP contribution is 2.32. The summed E-state index contributed by atoms with van der Waals surface area (Å²) in [5.41, 5.74) is 7.96. The highest BCUT2D eigenvalue weighted by Gasteiger charge is 2.47. The number of unbranched alkanes of at least 4 members (excludes halogenated alkanes) is 6. The van der Waals surface area contributed by atoms with Crippen molar-refractivity contribution in [3.63, 3.8) is 0 Å². The number of benzene rings is 1. The number of piperidine rings is 1. The van der Waals surface area contributed by atoms with Crippen LogP contribution in [-0.2, 0) is 26.0 Å². The normalized spacial score (nSPS) is 17.2. The summed E-state index contributed by atoms with van der Waals surface area (Å²) in [5, 5.41) is 2.94. The average Bonchev–Trinajstić information content (AvgIpc) is 3.18. The summed E-state index contributed by atoms with van der Waals surface area (Å²) in [7, 11) is -1.91. The van der Waals surface area contributed by atoms with Gasteiger partial charge in [-0.25, -0.2) is 17.5 Å². The summed E-state index contributed by atoms with van der Waals surface area (Å²) in [6, 6.07) is 3.13. The fourth-order valence-corrected chi connectivity index (χ4v) is 6.91. The quantitative estimate of drug-likeness (QED) is 0.265. The molecule has 0 atom stereocenters. The van der Waals surface area contributed by atoms with E-state index in [1.54, 1.807) is 7.05 Å². The van der Waals surface area contributed by atoms with Crippen LogP contribution >= 0.6 is 0 Å². The molecular formula is C28H43N5O5S. The standard InChI is InChI=1S/C28H43N5O5S/c1-21-19-23(32(3)27(29)36)20-22(2)24(21)12-18-39(37,38)33-15-13-28(14-16-33)26(35)30-25(31-28)11-9-7-5-4-6-8-10-17-34/h17,19-20H,4-16,18H2,1-3H3,(H2,29,36)(H,30,31,35). The Hall–Kier alpha value is -2.79. The topological polar surface area (TPSA) is 142 Å².